The summed E-state index contributed by atoms with van der Waals surface area (Å²) in [5, 5.41) is 5.19. The van der Waals surface area contributed by atoms with Crippen molar-refractivity contribution in [1.29, 1.82) is 0 Å². The minimum atomic E-state index is -4.42. The lowest BCUT2D eigenvalue weighted by atomic mass is 10.1. The summed E-state index contributed by atoms with van der Waals surface area (Å²) in [5.41, 5.74) is 0.00317. The van der Waals surface area contributed by atoms with Gasteiger partial charge in [-0.1, -0.05) is 25.5 Å². The molecule has 0 radical (unpaired) electrons. The van der Waals surface area contributed by atoms with Crippen LogP contribution in [0.4, 0.5) is 27.8 Å². The highest BCUT2D eigenvalue weighted by atomic mass is 19.4. The smallest absolute Gasteiger partial charge is 0.344 e. The highest BCUT2D eigenvalue weighted by Crippen LogP contribution is 2.30. The minimum Gasteiger partial charge on any atom is -0.344 e. The maximum Gasteiger partial charge on any atom is 0.416 e. The number of hydrogen-bond acceptors (Lipinski definition) is 3. The van der Waals surface area contributed by atoms with Gasteiger partial charge in [0.25, 0.3) is 0 Å². The Morgan fingerprint density at radius 3 is 2.28 bits per heavy atom. The van der Waals surface area contributed by atoms with Gasteiger partial charge in [0.1, 0.15) is 17.7 Å². The molecule has 0 aliphatic carbocycles. The number of nitrogens with zero attached hydrogens (tertiary/aromatic N) is 2. The summed E-state index contributed by atoms with van der Waals surface area (Å²) in [6, 6.07) is 6.29. The van der Waals surface area contributed by atoms with E-state index in [9.17, 15) is 31.5 Å². The molecule has 6 nitrogen and oxygen atoms in total. The fourth-order valence-corrected chi connectivity index (χ4v) is 3.65. The average Bonchev–Trinajstić information content (AvgIpc) is 3.25. The van der Waals surface area contributed by atoms with E-state index in [0.29, 0.717) is 24.5 Å². The number of aromatic nitrogens is 2. The van der Waals surface area contributed by atoms with E-state index < -0.39 is 41.2 Å². The molecule has 3 aromatic rings. The second kappa shape index (κ2) is 11.3. The number of rotatable bonds is 9. The Balaban J connectivity index is 1.63. The van der Waals surface area contributed by atoms with E-state index in [1.54, 1.807) is 11.5 Å². The van der Waals surface area contributed by atoms with E-state index >= 15 is 0 Å². The van der Waals surface area contributed by atoms with Gasteiger partial charge in [0, 0.05) is 12.3 Å². The van der Waals surface area contributed by atoms with Crippen molar-refractivity contribution in [2.45, 2.75) is 51.4 Å². The Hall–Kier alpha value is -3.76. The van der Waals surface area contributed by atoms with Gasteiger partial charge in [0.05, 0.1) is 24.4 Å². The molecule has 11 heteroatoms. The number of amides is 2. The summed E-state index contributed by atoms with van der Waals surface area (Å²) < 4.78 is 66.8. The van der Waals surface area contributed by atoms with E-state index in [1.807, 2.05) is 6.92 Å². The van der Waals surface area contributed by atoms with Crippen LogP contribution in [-0.2, 0) is 22.2 Å². The molecule has 2 atom stereocenters. The van der Waals surface area contributed by atoms with Gasteiger partial charge in [0.2, 0.25) is 11.8 Å². The summed E-state index contributed by atoms with van der Waals surface area (Å²) >= 11 is 0. The van der Waals surface area contributed by atoms with Gasteiger partial charge in [-0.3, -0.25) is 9.59 Å². The molecule has 1 aromatic heterocycles. The zero-order valence-corrected chi connectivity index (χ0v) is 19.6. The van der Waals surface area contributed by atoms with E-state index in [0.717, 1.165) is 24.3 Å². The maximum absolute atomic E-state index is 13.4. The van der Waals surface area contributed by atoms with Gasteiger partial charge in [-0.15, -0.1) is 0 Å². The molecule has 2 N–H and O–H groups in total. The van der Waals surface area contributed by atoms with E-state index in [-0.39, 0.29) is 23.8 Å². The zero-order chi connectivity index (χ0) is 26.5. The van der Waals surface area contributed by atoms with Crippen LogP contribution in [0.25, 0.3) is 0 Å². The standard InChI is InChI=1S/C25H25F5N4O2/c1-3-4-21(32-23(35)11-16-9-19(26)12-20(27)10-16)24(36)33-22-13-34(14-31-22)15(2)17-5-7-18(8-6-17)25(28,29)30/h5-10,12-15,21H,3-4,11H2,1-2H3,(H,32,35)(H,33,36)/t15?,21-/m0/s1. The van der Waals surface area contributed by atoms with E-state index in [2.05, 4.69) is 15.6 Å². The van der Waals surface area contributed by atoms with Crippen molar-refractivity contribution in [1.82, 2.24) is 14.9 Å². The van der Waals surface area contributed by atoms with Crippen LogP contribution >= 0.6 is 0 Å². The van der Waals surface area contributed by atoms with Crippen LogP contribution in [0.3, 0.4) is 0 Å². The van der Waals surface area contributed by atoms with Crippen LogP contribution in [0.2, 0.25) is 0 Å². The summed E-state index contributed by atoms with van der Waals surface area (Å²) in [5.74, 6) is -2.51. The largest absolute Gasteiger partial charge is 0.416 e. The molecule has 0 saturated heterocycles. The number of carbonyl (C=O) groups excluding carboxylic acids is 2. The molecule has 0 saturated carbocycles. The topological polar surface area (TPSA) is 76.0 Å². The fourth-order valence-electron chi connectivity index (χ4n) is 3.65. The molecule has 3 rings (SSSR count). The first kappa shape index (κ1) is 26.8. The molecule has 2 aromatic carbocycles. The maximum atomic E-state index is 13.4. The first-order valence-electron chi connectivity index (χ1n) is 11.2. The molecule has 0 aliphatic rings. The third kappa shape index (κ3) is 7.12. The van der Waals surface area contributed by atoms with Crippen molar-refractivity contribution in [2.24, 2.45) is 0 Å². The fraction of sp³-hybridized carbons (Fsp3) is 0.320. The highest BCUT2D eigenvalue weighted by Gasteiger charge is 2.30. The molecule has 1 heterocycles. The number of anilines is 1. The first-order valence-corrected chi connectivity index (χ1v) is 11.2. The van der Waals surface area contributed by atoms with Gasteiger partial charge in [-0.05, 0) is 48.7 Å². The van der Waals surface area contributed by atoms with Crippen molar-refractivity contribution < 1.29 is 31.5 Å². The summed E-state index contributed by atoms with van der Waals surface area (Å²) in [6.07, 6.45) is -0.873. The monoisotopic (exact) mass is 508 g/mol. The zero-order valence-electron chi connectivity index (χ0n) is 19.6. The number of halogens is 5. The van der Waals surface area contributed by atoms with Crippen LogP contribution in [0, 0.1) is 11.6 Å². The Labute approximate surface area is 204 Å². The van der Waals surface area contributed by atoms with Crippen molar-refractivity contribution in [2.75, 3.05) is 5.32 Å². The Morgan fingerprint density at radius 1 is 1.06 bits per heavy atom. The molecule has 1 unspecified atom stereocenters. The van der Waals surface area contributed by atoms with Crippen LogP contribution < -0.4 is 10.6 Å². The molecule has 192 valence electrons. The minimum absolute atomic E-state index is 0.136. The molecule has 0 aliphatic heterocycles. The predicted molar refractivity (Wildman–Crippen MR) is 123 cm³/mol. The molecule has 0 bridgehead atoms. The van der Waals surface area contributed by atoms with Crippen molar-refractivity contribution in [3.63, 3.8) is 0 Å². The second-order valence-corrected chi connectivity index (χ2v) is 8.35. The third-order valence-corrected chi connectivity index (χ3v) is 5.54. The van der Waals surface area contributed by atoms with Crippen molar-refractivity contribution in [3.05, 3.63) is 83.3 Å². The molecule has 0 spiro atoms. The Kier molecular flexibility index (Phi) is 8.44. The van der Waals surface area contributed by atoms with Crippen LogP contribution in [0.1, 0.15) is 49.4 Å². The lowest BCUT2D eigenvalue weighted by molar-refractivity contribution is -0.137. The van der Waals surface area contributed by atoms with E-state index in [4.69, 9.17) is 0 Å². The van der Waals surface area contributed by atoms with Gasteiger partial charge in [-0.25, -0.2) is 13.8 Å². The number of hydrogen-bond donors (Lipinski definition) is 2. The lowest BCUT2D eigenvalue weighted by Gasteiger charge is -2.17. The van der Waals surface area contributed by atoms with Gasteiger partial charge in [0.15, 0.2) is 5.82 Å². The number of carbonyl (C=O) groups is 2. The molecule has 36 heavy (non-hydrogen) atoms. The van der Waals surface area contributed by atoms with Crippen LogP contribution in [-0.4, -0.2) is 27.4 Å². The summed E-state index contributed by atoms with van der Waals surface area (Å²) in [4.78, 5) is 29.3. The van der Waals surface area contributed by atoms with Crippen LogP contribution in [0.15, 0.2) is 55.0 Å². The first-order chi connectivity index (χ1) is 17.0. The Morgan fingerprint density at radius 2 is 1.69 bits per heavy atom. The van der Waals surface area contributed by atoms with Crippen molar-refractivity contribution in [3.8, 4) is 0 Å². The quantitative estimate of drug-likeness (QED) is 0.388. The normalized spacial score (nSPS) is 13.2. The third-order valence-electron chi connectivity index (χ3n) is 5.54. The number of nitrogens with one attached hydrogen (secondary N) is 2. The number of imidazole rings is 1. The Bertz CT molecular complexity index is 1190. The molecule has 2 amide bonds. The molecular weight excluding hydrogens is 483 g/mol. The SMILES string of the molecule is CCC[C@H](NC(=O)Cc1cc(F)cc(F)c1)C(=O)Nc1cn(C(C)c2ccc(C(F)(F)F)cc2)cn1. The number of benzene rings is 2. The molecule has 0 fully saturated rings. The van der Waals surface area contributed by atoms with E-state index in [1.165, 1.54) is 24.7 Å². The molecular formula is C25H25F5N4O2. The highest BCUT2D eigenvalue weighted by molar-refractivity contribution is 5.96. The number of alkyl halides is 3. The second-order valence-electron chi connectivity index (χ2n) is 8.35. The van der Waals surface area contributed by atoms with Crippen molar-refractivity contribution >= 4 is 17.6 Å². The van der Waals surface area contributed by atoms with Gasteiger partial charge >= 0.3 is 6.18 Å². The summed E-state index contributed by atoms with van der Waals surface area (Å²) in [7, 11) is 0. The lowest BCUT2D eigenvalue weighted by Crippen LogP contribution is -2.44. The average molecular weight is 508 g/mol. The summed E-state index contributed by atoms with van der Waals surface area (Å²) in [6.45, 7) is 3.60. The van der Waals surface area contributed by atoms with Gasteiger partial charge < -0.3 is 15.2 Å². The predicted octanol–water partition coefficient (Wildman–Crippen LogP) is 5.26. The van der Waals surface area contributed by atoms with Crippen LogP contribution in [0.5, 0.6) is 0 Å². The van der Waals surface area contributed by atoms with Gasteiger partial charge in [-0.2, -0.15) is 13.2 Å².